The maximum Gasteiger partial charge on any atom is 0.256 e. The zero-order valence-corrected chi connectivity index (χ0v) is 23.6. The molecule has 5 fully saturated rings. The summed E-state index contributed by atoms with van der Waals surface area (Å²) in [7, 11) is 3.71. The molecule has 10 rings (SSSR count). The van der Waals surface area contributed by atoms with Crippen molar-refractivity contribution in [2.24, 2.45) is 17.3 Å². The van der Waals surface area contributed by atoms with Crippen LogP contribution in [-0.2, 0) is 16.6 Å². The minimum Gasteiger partial charge on any atom is -0.493 e. The SMILES string of the molecule is COc1ccc2c3c1OC1C4(OC)CCC5(CC4CSc4nc6ccccc6o4)C(C2)N(CC2CC2)CCC315. The smallest absolute Gasteiger partial charge is 0.256 e. The average Bonchev–Trinajstić information content (AvgIpc) is 3.56. The van der Waals surface area contributed by atoms with Gasteiger partial charge in [-0.3, -0.25) is 4.90 Å². The number of hydrogen-bond acceptors (Lipinski definition) is 7. The number of thioether (sulfide) groups is 1. The minimum absolute atomic E-state index is 0.00220. The molecule has 39 heavy (non-hydrogen) atoms. The highest BCUT2D eigenvalue weighted by Gasteiger charge is 2.80. The molecular weight excluding hydrogens is 508 g/mol. The third-order valence-electron chi connectivity index (χ3n) is 11.7. The molecule has 3 heterocycles. The molecule has 2 aromatic carbocycles. The van der Waals surface area contributed by atoms with Crippen molar-refractivity contribution in [1.82, 2.24) is 9.88 Å². The molecule has 0 N–H and O–H groups in total. The van der Waals surface area contributed by atoms with E-state index in [4.69, 9.17) is 23.6 Å². The zero-order chi connectivity index (χ0) is 26.0. The Kier molecular flexibility index (Phi) is 4.79. The Bertz CT molecular complexity index is 1450. The number of aromatic nitrogens is 1. The van der Waals surface area contributed by atoms with Gasteiger partial charge in [0, 0.05) is 47.8 Å². The van der Waals surface area contributed by atoms with E-state index in [1.54, 1.807) is 18.9 Å². The predicted molar refractivity (Wildman–Crippen MR) is 150 cm³/mol. The van der Waals surface area contributed by atoms with Gasteiger partial charge in [0.15, 0.2) is 17.1 Å². The summed E-state index contributed by atoms with van der Waals surface area (Å²) in [6.07, 6.45) is 8.55. The molecule has 3 aromatic rings. The number of piperidine rings is 1. The number of hydrogen-bond donors (Lipinski definition) is 0. The van der Waals surface area contributed by atoms with Gasteiger partial charge in [-0.2, -0.15) is 0 Å². The molecule has 7 aliphatic rings. The lowest BCUT2D eigenvalue weighted by atomic mass is 9.35. The summed E-state index contributed by atoms with van der Waals surface area (Å²) in [5.41, 5.74) is 4.61. The van der Waals surface area contributed by atoms with E-state index in [1.165, 1.54) is 49.9 Å². The first-order valence-electron chi connectivity index (χ1n) is 14.8. The fourth-order valence-electron chi connectivity index (χ4n) is 9.98. The summed E-state index contributed by atoms with van der Waals surface area (Å²) in [6.45, 7) is 2.44. The molecule has 0 radical (unpaired) electrons. The summed E-state index contributed by atoms with van der Waals surface area (Å²) < 4.78 is 25.9. The van der Waals surface area contributed by atoms with Crippen molar-refractivity contribution in [1.29, 1.82) is 0 Å². The van der Waals surface area contributed by atoms with Crippen LogP contribution in [0.15, 0.2) is 46.0 Å². The van der Waals surface area contributed by atoms with Gasteiger partial charge in [-0.1, -0.05) is 30.0 Å². The van der Waals surface area contributed by atoms with Gasteiger partial charge in [-0.15, -0.1) is 0 Å². The van der Waals surface area contributed by atoms with Gasteiger partial charge in [0.2, 0.25) is 0 Å². The molecule has 204 valence electrons. The van der Waals surface area contributed by atoms with Crippen LogP contribution >= 0.6 is 11.8 Å². The number of benzene rings is 2. The van der Waals surface area contributed by atoms with Crippen LogP contribution in [0.25, 0.3) is 11.1 Å². The van der Waals surface area contributed by atoms with Crippen LogP contribution in [0.4, 0.5) is 0 Å². The number of ether oxygens (including phenoxy) is 3. The van der Waals surface area contributed by atoms with Gasteiger partial charge in [0.05, 0.1) is 7.11 Å². The Balaban J connectivity index is 1.16. The number of methoxy groups -OCH3 is 2. The third kappa shape index (κ3) is 2.85. The summed E-state index contributed by atoms with van der Waals surface area (Å²) in [5, 5.41) is 0.759. The number of rotatable bonds is 7. The van der Waals surface area contributed by atoms with E-state index in [9.17, 15) is 0 Å². The van der Waals surface area contributed by atoms with Crippen molar-refractivity contribution in [3.63, 3.8) is 0 Å². The van der Waals surface area contributed by atoms with Crippen molar-refractivity contribution < 1.29 is 18.6 Å². The molecule has 6 unspecified atom stereocenters. The van der Waals surface area contributed by atoms with Gasteiger partial charge < -0.3 is 18.6 Å². The number of para-hydroxylation sites is 2. The molecule has 5 aliphatic carbocycles. The molecule has 6 atom stereocenters. The van der Waals surface area contributed by atoms with Gasteiger partial charge in [0.25, 0.3) is 5.22 Å². The van der Waals surface area contributed by atoms with Gasteiger partial charge in [0.1, 0.15) is 17.2 Å². The van der Waals surface area contributed by atoms with Crippen LogP contribution in [0, 0.1) is 17.3 Å². The normalized spacial score (nSPS) is 37.6. The first-order chi connectivity index (χ1) is 19.1. The van der Waals surface area contributed by atoms with Crippen molar-refractivity contribution in [2.75, 3.05) is 33.1 Å². The van der Waals surface area contributed by atoms with Gasteiger partial charge in [-0.25, -0.2) is 4.98 Å². The summed E-state index contributed by atoms with van der Waals surface area (Å²) in [4.78, 5) is 7.69. The van der Waals surface area contributed by atoms with Crippen LogP contribution in [0.3, 0.4) is 0 Å². The zero-order valence-electron chi connectivity index (χ0n) is 22.8. The van der Waals surface area contributed by atoms with Crippen molar-refractivity contribution >= 4 is 22.9 Å². The largest absolute Gasteiger partial charge is 0.493 e. The predicted octanol–water partition coefficient (Wildman–Crippen LogP) is 5.85. The Morgan fingerprint density at radius 2 is 2.00 bits per heavy atom. The van der Waals surface area contributed by atoms with Crippen molar-refractivity contribution in [2.45, 2.75) is 73.3 Å². The molecule has 1 aromatic heterocycles. The third-order valence-corrected chi connectivity index (χ3v) is 12.7. The van der Waals surface area contributed by atoms with E-state index >= 15 is 0 Å². The summed E-state index contributed by atoms with van der Waals surface area (Å²) in [5.74, 6) is 4.08. The molecule has 4 saturated carbocycles. The first-order valence-corrected chi connectivity index (χ1v) is 15.7. The number of oxazole rings is 1. The van der Waals surface area contributed by atoms with E-state index in [0.717, 1.165) is 58.8 Å². The van der Waals surface area contributed by atoms with Crippen LogP contribution in [0.2, 0.25) is 0 Å². The van der Waals surface area contributed by atoms with Crippen LogP contribution in [-0.4, -0.2) is 60.7 Å². The van der Waals surface area contributed by atoms with Gasteiger partial charge >= 0.3 is 0 Å². The van der Waals surface area contributed by atoms with Crippen molar-refractivity contribution in [3.8, 4) is 11.5 Å². The maximum atomic E-state index is 7.17. The standard InChI is InChI=1S/C32H36N2O4S/c1-35-24-10-9-20-15-25-30-11-12-32(36-2,21(16-30)18-39-29-33-22-5-3-4-6-23(22)37-29)28-31(30,26(20)27(24)38-28)13-14-34(25)17-19-7-8-19/h3-6,9-10,19,21,25,28H,7-8,11-18H2,1-2H3. The first kappa shape index (κ1) is 23.5. The number of fused-ring (bicyclic) bond motifs is 3. The second kappa shape index (κ2) is 7.95. The van der Waals surface area contributed by atoms with Crippen LogP contribution < -0.4 is 9.47 Å². The quantitative estimate of drug-likeness (QED) is 0.346. The molecule has 6 nitrogen and oxygen atoms in total. The summed E-state index contributed by atoms with van der Waals surface area (Å²) >= 11 is 1.75. The van der Waals surface area contributed by atoms with Crippen molar-refractivity contribution in [3.05, 3.63) is 47.5 Å². The Morgan fingerprint density at radius 1 is 1.10 bits per heavy atom. The highest BCUT2D eigenvalue weighted by Crippen LogP contribution is 2.77. The Labute approximate surface area is 233 Å². The van der Waals surface area contributed by atoms with Crippen LogP contribution in [0.5, 0.6) is 11.5 Å². The lowest BCUT2D eigenvalue weighted by molar-refractivity contribution is -0.273. The van der Waals surface area contributed by atoms with E-state index < -0.39 is 0 Å². The molecular formula is C32H36N2O4S. The second-order valence-electron chi connectivity index (χ2n) is 13.0. The monoisotopic (exact) mass is 544 g/mol. The Hall–Kier alpha value is -2.22. The van der Waals surface area contributed by atoms with E-state index in [1.807, 2.05) is 31.4 Å². The lowest BCUT2D eigenvalue weighted by Crippen LogP contribution is -2.81. The Morgan fingerprint density at radius 3 is 2.82 bits per heavy atom. The molecule has 2 aliphatic heterocycles. The number of nitrogens with zero attached hydrogens (tertiary/aromatic N) is 2. The molecule has 2 spiro atoms. The average molecular weight is 545 g/mol. The molecule has 7 heteroatoms. The fraction of sp³-hybridized carbons (Fsp3) is 0.594. The second-order valence-corrected chi connectivity index (χ2v) is 14.0. The minimum atomic E-state index is -0.331. The lowest BCUT2D eigenvalue weighted by Gasteiger charge is -2.74. The van der Waals surface area contributed by atoms with E-state index in [-0.39, 0.29) is 22.5 Å². The topological polar surface area (TPSA) is 57.0 Å². The number of likely N-dealkylation sites (tertiary alicyclic amines) is 1. The molecule has 1 saturated heterocycles. The van der Waals surface area contributed by atoms with E-state index in [0.29, 0.717) is 12.0 Å². The molecule has 0 amide bonds. The highest BCUT2D eigenvalue weighted by atomic mass is 32.2. The van der Waals surface area contributed by atoms with Gasteiger partial charge in [-0.05, 0) is 81.2 Å². The molecule has 4 bridgehead atoms. The maximum absolute atomic E-state index is 7.17. The van der Waals surface area contributed by atoms with Crippen LogP contribution in [0.1, 0.15) is 49.7 Å². The summed E-state index contributed by atoms with van der Waals surface area (Å²) in [6, 6.07) is 13.1. The highest BCUT2D eigenvalue weighted by molar-refractivity contribution is 7.99. The fourth-order valence-corrected chi connectivity index (χ4v) is 11.0. The van der Waals surface area contributed by atoms with E-state index in [2.05, 4.69) is 17.0 Å².